The number of para-hydroxylation sites is 2. The Kier molecular flexibility index (Phi) is 18.8. The van der Waals surface area contributed by atoms with Crippen LogP contribution in [0.15, 0.2) is 133 Å². The zero-order valence-corrected chi connectivity index (χ0v) is 46.3. The largest absolute Gasteiger partial charge is 0.507 e. The van der Waals surface area contributed by atoms with Gasteiger partial charge in [-0.05, 0) is 72.6 Å². The van der Waals surface area contributed by atoms with Crippen LogP contribution in [-0.2, 0) is 53.9 Å². The fraction of sp³-hybridized carbons (Fsp3) is 0.317. The number of hydrogen-bond donors (Lipinski definition) is 2. The monoisotopic (exact) mass is 1050 g/mol. The normalized spacial score (nSPS) is 12.1. The molecule has 0 atom stereocenters. The molecule has 1 heterocycles. The van der Waals surface area contributed by atoms with Crippen molar-refractivity contribution in [2.24, 2.45) is 0 Å². The maximum atomic E-state index is 12.0. The van der Waals surface area contributed by atoms with Crippen molar-refractivity contribution in [3.05, 3.63) is 180 Å². The molecule has 5 aromatic carbocycles. The van der Waals surface area contributed by atoms with E-state index >= 15 is 0 Å². The molecule has 5 heteroatoms. The van der Waals surface area contributed by atoms with Gasteiger partial charge in [0.15, 0.2) is 0 Å². The fourth-order valence-electron chi connectivity index (χ4n) is 7.28. The van der Waals surface area contributed by atoms with E-state index < -0.39 is 0 Å². The summed E-state index contributed by atoms with van der Waals surface area (Å²) in [6.07, 6.45) is 10.6. The number of phenols is 2. The zero-order chi connectivity index (χ0) is 46.5. The second-order valence-electron chi connectivity index (χ2n) is 20.8. The average Bonchev–Trinajstić information content (AvgIpc) is 3.71. The molecule has 65 heavy (non-hydrogen) atoms. The molecule has 0 bridgehead atoms. The second kappa shape index (κ2) is 22.3. The first-order chi connectivity index (χ1) is 29.4. The minimum Gasteiger partial charge on any atom is -0.507 e. The topological polar surface area (TPSA) is 53.4 Å². The molecule has 0 saturated carbocycles. The van der Waals surface area contributed by atoms with Gasteiger partial charge in [-0.1, -0.05) is 211 Å². The van der Waals surface area contributed by atoms with Gasteiger partial charge >= 0.3 is 0 Å². The molecule has 0 radical (unpaired) electrons. The summed E-state index contributed by atoms with van der Waals surface area (Å²) in [7, 11) is 0. The van der Waals surface area contributed by atoms with Crippen molar-refractivity contribution in [2.45, 2.75) is 125 Å². The minimum absolute atomic E-state index is 0. The van der Waals surface area contributed by atoms with Crippen LogP contribution in [0.25, 0.3) is 50.2 Å². The van der Waals surface area contributed by atoms with Crippen LogP contribution in [0.4, 0.5) is 0 Å². The van der Waals surface area contributed by atoms with Gasteiger partial charge in [0.05, 0.1) is 5.69 Å². The Bertz CT molecular complexity index is 2550. The van der Waals surface area contributed by atoms with Crippen molar-refractivity contribution in [1.29, 1.82) is 0 Å². The number of allylic oxidation sites excluding steroid dienone is 5. The van der Waals surface area contributed by atoms with Gasteiger partial charge in [0, 0.05) is 59.1 Å². The molecule has 0 fully saturated rings. The number of aromatic hydroxyl groups is 2. The van der Waals surface area contributed by atoms with Crippen LogP contribution in [0.3, 0.4) is 0 Å². The molecule has 6 aromatic rings. The molecule has 2 N–H and O–H groups in total. The van der Waals surface area contributed by atoms with Gasteiger partial charge in [-0.2, -0.15) is 13.8 Å². The van der Waals surface area contributed by atoms with Crippen molar-refractivity contribution in [3.8, 4) is 56.1 Å². The standard InChI is InChI=1S/C56H63NO2S.C3H7.CH3.Hf/c1-36(21-15-14-16-22-37-23-19-26-44(50(37)58)38-29-40(53(2,3)4)33-41(30-38)54(5,6)7)52-57-49(35-60-52)47-25-18-17-24-46(47)48-28-20-27-45(51(48)59)39-31-42(55(8,9)10)34-43(32-39)56(11,12)13;1-3-2;;/h14-21,23-35,58-59H,1,22H2,2-13H3;3H,1-2H3;1H3;/q;2*-1;/b16-14-,21-15-;;;. The van der Waals surface area contributed by atoms with Crippen LogP contribution in [-0.4, -0.2) is 15.2 Å². The molecule has 0 aliphatic carbocycles. The molecule has 342 valence electrons. The molecule has 3 nitrogen and oxygen atoms in total. The Morgan fingerprint density at radius 3 is 1.48 bits per heavy atom. The molecule has 6 rings (SSSR count). The Labute approximate surface area is 416 Å². The first-order valence-electron chi connectivity index (χ1n) is 22.2. The fourth-order valence-corrected chi connectivity index (χ4v) is 8.06. The van der Waals surface area contributed by atoms with E-state index in [1.54, 1.807) is 11.3 Å². The molecular formula is C60H73HfNO2S-2. The third-order valence-electron chi connectivity index (χ3n) is 11.3. The third-order valence-corrected chi connectivity index (χ3v) is 12.2. The zero-order valence-electron chi connectivity index (χ0n) is 41.9. The smallest absolute Gasteiger partial charge is 0.131 e. The van der Waals surface area contributed by atoms with Crippen molar-refractivity contribution in [1.82, 2.24) is 4.98 Å². The maximum absolute atomic E-state index is 12.0. The third kappa shape index (κ3) is 13.7. The number of rotatable bonds is 9. The van der Waals surface area contributed by atoms with E-state index in [-0.39, 0.29) is 60.7 Å². The van der Waals surface area contributed by atoms with E-state index in [1.165, 1.54) is 22.3 Å². The molecule has 0 saturated heterocycles. The Balaban J connectivity index is 0.00000218. The van der Waals surface area contributed by atoms with Gasteiger partial charge in [0.25, 0.3) is 0 Å². The molecule has 0 aliphatic heterocycles. The summed E-state index contributed by atoms with van der Waals surface area (Å²) in [5.74, 6) is 0.580. The Morgan fingerprint density at radius 2 is 1.00 bits per heavy atom. The van der Waals surface area contributed by atoms with Gasteiger partial charge in [-0.3, -0.25) is 0 Å². The summed E-state index contributed by atoms with van der Waals surface area (Å²) >= 11 is 1.55. The summed E-state index contributed by atoms with van der Waals surface area (Å²) in [6.45, 7) is 35.1. The number of nitrogens with zero attached hydrogens (tertiary/aromatic N) is 1. The van der Waals surface area contributed by atoms with Crippen LogP contribution < -0.4 is 0 Å². The summed E-state index contributed by atoms with van der Waals surface area (Å²) in [5.41, 5.74) is 13.8. The first-order valence-corrected chi connectivity index (χ1v) is 23.1. The number of thiazole rings is 1. The minimum atomic E-state index is -0.0402. The number of hydrogen-bond acceptors (Lipinski definition) is 4. The van der Waals surface area contributed by atoms with Crippen molar-refractivity contribution >= 4 is 16.9 Å². The first kappa shape index (κ1) is 54.8. The predicted octanol–water partition coefficient (Wildman–Crippen LogP) is 17.5. The Hall–Kier alpha value is -4.58. The average molecular weight is 1050 g/mol. The van der Waals surface area contributed by atoms with E-state index in [1.807, 2.05) is 87.0 Å². The molecular weight excluding hydrogens is 977 g/mol. The van der Waals surface area contributed by atoms with Gasteiger partial charge in [0.2, 0.25) is 0 Å². The van der Waals surface area contributed by atoms with Crippen molar-refractivity contribution in [3.63, 3.8) is 0 Å². The number of aromatic nitrogens is 1. The molecule has 0 unspecified atom stereocenters. The van der Waals surface area contributed by atoms with Crippen molar-refractivity contribution in [2.75, 3.05) is 0 Å². The van der Waals surface area contributed by atoms with Gasteiger partial charge < -0.3 is 24.1 Å². The van der Waals surface area contributed by atoms with Crippen LogP contribution in [0, 0.1) is 13.8 Å². The molecule has 0 amide bonds. The van der Waals surface area contributed by atoms with Gasteiger partial charge in [-0.25, -0.2) is 4.98 Å². The summed E-state index contributed by atoms with van der Waals surface area (Å²) < 4.78 is 0. The molecule has 0 spiro atoms. The number of benzene rings is 5. The van der Waals surface area contributed by atoms with Gasteiger partial charge in [0.1, 0.15) is 16.5 Å². The Morgan fingerprint density at radius 1 is 0.585 bits per heavy atom. The predicted molar refractivity (Wildman–Crippen MR) is 282 cm³/mol. The molecule has 1 aromatic heterocycles. The van der Waals surface area contributed by atoms with Crippen LogP contribution in [0.2, 0.25) is 0 Å². The van der Waals surface area contributed by atoms with E-state index in [2.05, 4.69) is 150 Å². The van der Waals surface area contributed by atoms with E-state index in [0.29, 0.717) is 12.2 Å². The summed E-state index contributed by atoms with van der Waals surface area (Å²) in [6, 6.07) is 33.7. The van der Waals surface area contributed by atoms with Crippen molar-refractivity contribution < 1.29 is 36.1 Å². The number of phenolic OH excluding ortho intramolecular Hbond substituents is 2. The summed E-state index contributed by atoms with van der Waals surface area (Å²) in [4.78, 5) is 5.02. The van der Waals surface area contributed by atoms with E-state index in [9.17, 15) is 10.2 Å². The summed E-state index contributed by atoms with van der Waals surface area (Å²) in [5, 5.41) is 26.3. The van der Waals surface area contributed by atoms with E-state index in [4.69, 9.17) is 4.98 Å². The SMILES string of the molecule is C=C(/C=C\C=C/Cc1cccc(-c2cc(C(C)(C)C)cc(C(C)(C)C)c2)c1O)c1nc(-c2ccccc2-c2cccc(-c3cc(C(C)(C)C)cc(C(C)(C)C)c3)c2O)cs1.C[CH-]C.[CH3-].[Hf]. The maximum Gasteiger partial charge on any atom is 0.131 e. The quantitative estimate of drug-likeness (QED) is 0.0862. The van der Waals surface area contributed by atoms with E-state index in [0.717, 1.165) is 60.8 Å². The molecule has 0 aliphatic rings. The second-order valence-corrected chi connectivity index (χ2v) is 21.6. The van der Waals surface area contributed by atoms with Crippen LogP contribution >= 0.6 is 11.3 Å². The van der Waals surface area contributed by atoms with Crippen LogP contribution in [0.5, 0.6) is 11.5 Å². The van der Waals surface area contributed by atoms with Crippen LogP contribution in [0.1, 0.15) is 130 Å². The van der Waals surface area contributed by atoms with Gasteiger partial charge in [-0.15, -0.1) is 11.3 Å².